The van der Waals surface area contributed by atoms with Crippen LogP contribution >= 0.6 is 0 Å². The minimum atomic E-state index is 0.0853. The molecule has 1 saturated carbocycles. The average molecular weight is 384 g/mol. The van der Waals surface area contributed by atoms with E-state index >= 15 is 0 Å². The number of carbonyl (C=O) groups is 1. The highest BCUT2D eigenvalue weighted by Gasteiger charge is 2.30. The first-order valence-electron chi connectivity index (χ1n) is 11.2. The third-order valence-corrected chi connectivity index (χ3v) is 7.03. The number of carbonyl (C=O) groups excluding carboxylic acids is 1. The summed E-state index contributed by atoms with van der Waals surface area (Å²) >= 11 is 0. The average Bonchev–Trinajstić information content (AvgIpc) is 3.17. The summed E-state index contributed by atoms with van der Waals surface area (Å²) in [6, 6.07) is 2.23. The lowest BCUT2D eigenvalue weighted by Crippen LogP contribution is -2.41. The second-order valence-corrected chi connectivity index (χ2v) is 8.91. The Hall–Kier alpha value is -1.87. The number of rotatable bonds is 5. The van der Waals surface area contributed by atoms with Gasteiger partial charge in [-0.2, -0.15) is 5.26 Å². The number of imidazole rings is 1. The molecule has 3 aliphatic rings. The fourth-order valence-electron chi connectivity index (χ4n) is 5.24. The number of hydrogen-bond acceptors (Lipinski definition) is 4. The monoisotopic (exact) mass is 383 g/mol. The Morgan fingerprint density at radius 3 is 2.68 bits per heavy atom. The van der Waals surface area contributed by atoms with Crippen molar-refractivity contribution in [2.24, 2.45) is 11.8 Å². The van der Waals surface area contributed by atoms with Gasteiger partial charge in [-0.15, -0.1) is 0 Å². The van der Waals surface area contributed by atoms with Gasteiger partial charge < -0.3 is 9.88 Å². The number of nitrogens with zero attached hydrogens (tertiary/aromatic N) is 4. The molecule has 152 valence electrons. The van der Waals surface area contributed by atoms with Crippen LogP contribution < -0.4 is 5.32 Å². The molecule has 1 aromatic heterocycles. The fraction of sp³-hybridized carbons (Fsp3) is 0.773. The molecule has 6 heteroatoms. The predicted molar refractivity (Wildman–Crippen MR) is 108 cm³/mol. The van der Waals surface area contributed by atoms with Gasteiger partial charge in [-0.3, -0.25) is 9.69 Å². The van der Waals surface area contributed by atoms with Crippen LogP contribution in [0, 0.1) is 23.2 Å². The zero-order valence-corrected chi connectivity index (χ0v) is 16.9. The molecule has 1 atom stereocenters. The van der Waals surface area contributed by atoms with Gasteiger partial charge >= 0.3 is 0 Å². The minimum Gasteiger partial charge on any atom is -0.356 e. The molecule has 0 unspecified atom stereocenters. The number of aromatic nitrogens is 2. The Labute approximate surface area is 168 Å². The second-order valence-electron chi connectivity index (χ2n) is 8.91. The van der Waals surface area contributed by atoms with Gasteiger partial charge in [-0.25, -0.2) is 4.98 Å². The van der Waals surface area contributed by atoms with E-state index in [0.29, 0.717) is 18.4 Å². The maximum atomic E-state index is 12.7. The highest BCUT2D eigenvalue weighted by Crippen LogP contribution is 2.34. The number of likely N-dealkylation sites (tertiary alicyclic amines) is 1. The van der Waals surface area contributed by atoms with Gasteiger partial charge in [0.05, 0.1) is 12.6 Å². The Morgan fingerprint density at radius 2 is 1.93 bits per heavy atom. The Morgan fingerprint density at radius 1 is 1.14 bits per heavy atom. The standard InChI is InChI=1S/C22H33N5O/c23-9-13-26-10-6-17(7-11-26)15-25-22(28)19-8-12-27-20(14-19)16-24-21(27)18-4-2-1-3-5-18/h16-19H,1-8,10-15H2,(H,25,28)/t19-/m1/s1. The van der Waals surface area contributed by atoms with Crippen LogP contribution in [0.1, 0.15) is 68.8 Å². The van der Waals surface area contributed by atoms with E-state index < -0.39 is 0 Å². The SMILES string of the molecule is N#CCN1CCC(CNC(=O)[C@@H]2CCn3c(cnc3C3CCCCC3)C2)CC1. The van der Waals surface area contributed by atoms with E-state index in [1.54, 1.807) is 0 Å². The van der Waals surface area contributed by atoms with Crippen LogP contribution in [0.2, 0.25) is 0 Å². The summed E-state index contributed by atoms with van der Waals surface area (Å²) in [4.78, 5) is 19.7. The third-order valence-electron chi connectivity index (χ3n) is 7.03. The molecule has 1 N–H and O–H groups in total. The lowest BCUT2D eigenvalue weighted by atomic mass is 9.88. The molecule has 4 rings (SSSR count). The summed E-state index contributed by atoms with van der Waals surface area (Å²) in [7, 11) is 0. The molecule has 2 aliphatic heterocycles. The Bertz CT molecular complexity index is 707. The lowest BCUT2D eigenvalue weighted by molar-refractivity contribution is -0.125. The highest BCUT2D eigenvalue weighted by molar-refractivity contribution is 5.79. The summed E-state index contributed by atoms with van der Waals surface area (Å²) in [6.45, 7) is 4.19. The molecule has 1 aliphatic carbocycles. The zero-order valence-electron chi connectivity index (χ0n) is 16.9. The molecular formula is C22H33N5O. The normalized spacial score (nSPS) is 24.5. The van der Waals surface area contributed by atoms with Crippen LogP contribution in [0.5, 0.6) is 0 Å². The summed E-state index contributed by atoms with van der Waals surface area (Å²) in [5.74, 6) is 2.75. The molecule has 2 fully saturated rings. The quantitative estimate of drug-likeness (QED) is 0.794. The first-order valence-corrected chi connectivity index (χ1v) is 11.2. The van der Waals surface area contributed by atoms with E-state index in [-0.39, 0.29) is 11.8 Å². The fourth-order valence-corrected chi connectivity index (χ4v) is 5.24. The van der Waals surface area contributed by atoms with Crippen molar-refractivity contribution in [1.82, 2.24) is 19.8 Å². The maximum Gasteiger partial charge on any atom is 0.223 e. The first kappa shape index (κ1) is 19.4. The van der Waals surface area contributed by atoms with Crippen molar-refractivity contribution in [3.05, 3.63) is 17.7 Å². The van der Waals surface area contributed by atoms with Crippen LogP contribution in [0.3, 0.4) is 0 Å². The highest BCUT2D eigenvalue weighted by atomic mass is 16.1. The summed E-state index contributed by atoms with van der Waals surface area (Å²) in [5.41, 5.74) is 1.25. The van der Waals surface area contributed by atoms with Crippen molar-refractivity contribution >= 4 is 5.91 Å². The van der Waals surface area contributed by atoms with Crippen LogP contribution in [0.25, 0.3) is 0 Å². The van der Waals surface area contributed by atoms with Crippen molar-refractivity contribution < 1.29 is 4.79 Å². The van der Waals surface area contributed by atoms with E-state index in [1.807, 2.05) is 6.20 Å². The molecule has 0 radical (unpaired) electrons. The molecule has 0 spiro atoms. The van der Waals surface area contributed by atoms with Crippen LogP contribution in [-0.2, 0) is 17.8 Å². The van der Waals surface area contributed by atoms with Crippen molar-refractivity contribution in [2.45, 2.75) is 70.3 Å². The van der Waals surface area contributed by atoms with Gasteiger partial charge in [0, 0.05) is 43.2 Å². The van der Waals surface area contributed by atoms with E-state index in [4.69, 9.17) is 10.2 Å². The Kier molecular flexibility index (Phi) is 6.31. The Balaban J connectivity index is 1.26. The molecule has 1 amide bonds. The number of piperidine rings is 1. The summed E-state index contributed by atoms with van der Waals surface area (Å²) in [6.07, 6.45) is 12.5. The van der Waals surface area contributed by atoms with E-state index in [1.165, 1.54) is 43.6 Å². The molecule has 6 nitrogen and oxygen atoms in total. The molecule has 0 aromatic carbocycles. The van der Waals surface area contributed by atoms with Gasteiger partial charge in [0.25, 0.3) is 0 Å². The van der Waals surface area contributed by atoms with Crippen molar-refractivity contribution in [3.8, 4) is 6.07 Å². The minimum absolute atomic E-state index is 0.0853. The molecule has 3 heterocycles. The molecular weight excluding hydrogens is 350 g/mol. The van der Waals surface area contributed by atoms with Crippen LogP contribution in [0.15, 0.2) is 6.20 Å². The van der Waals surface area contributed by atoms with E-state index in [2.05, 4.69) is 20.9 Å². The number of amides is 1. The molecule has 28 heavy (non-hydrogen) atoms. The largest absolute Gasteiger partial charge is 0.356 e. The number of nitrogens with one attached hydrogen (secondary N) is 1. The second kappa shape index (κ2) is 9.09. The molecule has 0 bridgehead atoms. The van der Waals surface area contributed by atoms with Crippen molar-refractivity contribution in [1.29, 1.82) is 5.26 Å². The van der Waals surface area contributed by atoms with E-state index in [0.717, 1.165) is 51.9 Å². The van der Waals surface area contributed by atoms with Crippen molar-refractivity contribution in [2.75, 3.05) is 26.2 Å². The van der Waals surface area contributed by atoms with Gasteiger partial charge in [-0.05, 0) is 51.1 Å². The van der Waals surface area contributed by atoms with Gasteiger partial charge in [0.2, 0.25) is 5.91 Å². The molecule has 1 aromatic rings. The first-order chi connectivity index (χ1) is 13.7. The lowest BCUT2D eigenvalue weighted by Gasteiger charge is -2.31. The maximum absolute atomic E-state index is 12.7. The molecule has 1 saturated heterocycles. The van der Waals surface area contributed by atoms with Crippen LogP contribution in [0.4, 0.5) is 0 Å². The van der Waals surface area contributed by atoms with Gasteiger partial charge in [0.1, 0.15) is 5.82 Å². The van der Waals surface area contributed by atoms with Gasteiger partial charge in [0.15, 0.2) is 0 Å². The topological polar surface area (TPSA) is 74.0 Å². The van der Waals surface area contributed by atoms with Crippen LogP contribution in [-0.4, -0.2) is 46.5 Å². The van der Waals surface area contributed by atoms with Crippen molar-refractivity contribution in [3.63, 3.8) is 0 Å². The number of nitriles is 1. The smallest absolute Gasteiger partial charge is 0.223 e. The number of hydrogen-bond donors (Lipinski definition) is 1. The third kappa shape index (κ3) is 4.41. The number of fused-ring (bicyclic) bond motifs is 1. The predicted octanol–water partition coefficient (Wildman–Crippen LogP) is 2.84. The zero-order chi connectivity index (χ0) is 19.3. The van der Waals surface area contributed by atoms with E-state index in [9.17, 15) is 4.79 Å². The summed E-state index contributed by atoms with van der Waals surface area (Å²) in [5, 5.41) is 12.0. The van der Waals surface area contributed by atoms with Gasteiger partial charge in [-0.1, -0.05) is 19.3 Å². The summed E-state index contributed by atoms with van der Waals surface area (Å²) < 4.78 is 2.41.